The van der Waals surface area contributed by atoms with Gasteiger partial charge in [-0.2, -0.15) is 0 Å². The number of imide groups is 1. The van der Waals surface area contributed by atoms with Crippen LogP contribution in [0.25, 0.3) is 0 Å². The smallest absolute Gasteiger partial charge is 0.319 e. The molecule has 2 aromatic rings. The van der Waals surface area contributed by atoms with Crippen LogP contribution in [0.4, 0.5) is 10.6 Å². The van der Waals surface area contributed by atoms with Crippen LogP contribution in [-0.4, -0.2) is 54.6 Å². The van der Waals surface area contributed by atoms with E-state index in [0.29, 0.717) is 13.1 Å². The van der Waals surface area contributed by atoms with E-state index in [1.54, 1.807) is 0 Å². The largest absolute Gasteiger partial charge is 0.326 e. The Morgan fingerprint density at radius 1 is 1.00 bits per heavy atom. The number of carbonyl (C=O) groups is 2. The van der Waals surface area contributed by atoms with Gasteiger partial charge in [0.05, 0.1) is 26.0 Å². The Labute approximate surface area is 170 Å². The predicted octanol–water partition coefficient (Wildman–Crippen LogP) is 1.36. The van der Waals surface area contributed by atoms with E-state index in [4.69, 9.17) is 0 Å². The number of hydrogen-bond acceptors (Lipinski definition) is 4. The van der Waals surface area contributed by atoms with E-state index in [-0.39, 0.29) is 11.9 Å². The number of aryl methyl sites for hydroxylation is 1. The fourth-order valence-corrected chi connectivity index (χ4v) is 4.85. The first-order valence-corrected chi connectivity index (χ1v) is 10.3. The third kappa shape index (κ3) is 3.06. The molecular formula is C22H26N5O2+. The lowest BCUT2D eigenvalue weighted by molar-refractivity contribution is -0.364. The summed E-state index contributed by atoms with van der Waals surface area (Å²) in [7, 11) is 0. The fraction of sp³-hybridized carbons (Fsp3) is 0.409. The average Bonchev–Trinajstić information content (AvgIpc) is 3.00. The Balaban J connectivity index is 1.29. The van der Waals surface area contributed by atoms with Crippen LogP contribution in [0.2, 0.25) is 0 Å². The number of fused-ring (bicyclic) bond motifs is 2. The quantitative estimate of drug-likeness (QED) is 0.801. The van der Waals surface area contributed by atoms with Crippen LogP contribution < -0.4 is 15.2 Å². The van der Waals surface area contributed by atoms with Crippen molar-refractivity contribution in [1.82, 2.24) is 15.1 Å². The van der Waals surface area contributed by atoms with Crippen LogP contribution in [0.15, 0.2) is 48.7 Å². The van der Waals surface area contributed by atoms with E-state index in [9.17, 15) is 9.59 Å². The van der Waals surface area contributed by atoms with Gasteiger partial charge in [0.2, 0.25) is 0 Å². The standard InChI is InChI=1S/C22H25N5O2/c28-20-22(10-5-7-17-6-1-2-8-18(17)22)24-21(29)27(20)16-25-12-14-26(15-13-25)19-9-3-4-11-23-19/h1-4,6,8-9,11H,5,7,10,12-16H2,(H,24,29)/p+1/t22-/m1/s1. The summed E-state index contributed by atoms with van der Waals surface area (Å²) in [5.41, 5.74) is 1.26. The number of aromatic nitrogens is 1. The number of nitrogens with one attached hydrogen (secondary N) is 2. The average molecular weight is 392 g/mol. The summed E-state index contributed by atoms with van der Waals surface area (Å²) >= 11 is 0. The number of anilines is 1. The van der Waals surface area contributed by atoms with Gasteiger partial charge in [0.25, 0.3) is 11.7 Å². The van der Waals surface area contributed by atoms with Crippen LogP contribution in [0, 0.1) is 0 Å². The highest BCUT2D eigenvalue weighted by molar-refractivity contribution is 6.07. The number of piperazine rings is 1. The number of urea groups is 1. The van der Waals surface area contributed by atoms with Crippen molar-refractivity contribution in [3.8, 4) is 0 Å². The lowest BCUT2D eigenvalue weighted by Crippen LogP contribution is -2.52. The number of hydrogen-bond donors (Lipinski definition) is 1. The molecule has 1 spiro atoms. The summed E-state index contributed by atoms with van der Waals surface area (Å²) in [6, 6.07) is 13.8. The van der Waals surface area contributed by atoms with E-state index in [1.807, 2.05) is 36.5 Å². The van der Waals surface area contributed by atoms with E-state index < -0.39 is 5.54 Å². The van der Waals surface area contributed by atoms with Crippen molar-refractivity contribution in [3.05, 3.63) is 59.8 Å². The number of aromatic amines is 1. The van der Waals surface area contributed by atoms with Gasteiger partial charge in [-0.05, 0) is 36.5 Å². The molecule has 2 fully saturated rings. The van der Waals surface area contributed by atoms with E-state index in [1.165, 1.54) is 10.5 Å². The van der Waals surface area contributed by atoms with Crippen molar-refractivity contribution in [2.45, 2.75) is 24.8 Å². The molecule has 1 aliphatic carbocycles. The molecule has 7 nitrogen and oxygen atoms in total. The first-order valence-electron chi connectivity index (χ1n) is 10.3. The van der Waals surface area contributed by atoms with Crippen molar-refractivity contribution < 1.29 is 14.6 Å². The van der Waals surface area contributed by atoms with Gasteiger partial charge in [-0.3, -0.25) is 14.6 Å². The summed E-state index contributed by atoms with van der Waals surface area (Å²) in [5.74, 6) is 0.994. The molecule has 0 bridgehead atoms. The monoisotopic (exact) mass is 392 g/mol. The molecule has 2 saturated heterocycles. The van der Waals surface area contributed by atoms with Crippen LogP contribution in [-0.2, 0) is 16.8 Å². The lowest BCUT2D eigenvalue weighted by atomic mass is 9.76. The summed E-state index contributed by atoms with van der Waals surface area (Å²) in [5, 5.41) is 3.04. The summed E-state index contributed by atoms with van der Waals surface area (Å²) in [4.78, 5) is 35.3. The number of pyridine rings is 1. The van der Waals surface area contributed by atoms with Crippen LogP contribution >= 0.6 is 0 Å². The number of H-pyrrole nitrogens is 1. The van der Waals surface area contributed by atoms with Crippen LogP contribution in [0.3, 0.4) is 0 Å². The summed E-state index contributed by atoms with van der Waals surface area (Å²) in [6.45, 7) is 3.68. The number of benzene rings is 1. The molecule has 1 aromatic carbocycles. The maximum atomic E-state index is 13.4. The molecule has 0 saturated carbocycles. The number of nitrogens with zero attached hydrogens (tertiary/aromatic N) is 3. The molecule has 1 atom stereocenters. The zero-order chi connectivity index (χ0) is 19.8. The molecule has 3 heterocycles. The van der Waals surface area contributed by atoms with Crippen molar-refractivity contribution >= 4 is 17.8 Å². The second-order valence-corrected chi connectivity index (χ2v) is 8.07. The van der Waals surface area contributed by atoms with Crippen molar-refractivity contribution in [2.24, 2.45) is 0 Å². The number of rotatable bonds is 3. The number of amides is 3. The van der Waals surface area contributed by atoms with Crippen LogP contribution in [0.1, 0.15) is 24.0 Å². The fourth-order valence-electron chi connectivity index (χ4n) is 4.85. The third-order valence-corrected chi connectivity index (χ3v) is 6.40. The molecule has 3 amide bonds. The molecule has 150 valence electrons. The molecule has 0 unspecified atom stereocenters. The van der Waals surface area contributed by atoms with Gasteiger partial charge in [-0.1, -0.05) is 30.3 Å². The molecular weight excluding hydrogens is 366 g/mol. The topological polar surface area (TPSA) is 70.0 Å². The minimum Gasteiger partial charge on any atom is -0.319 e. The first-order chi connectivity index (χ1) is 14.2. The molecule has 2 N–H and O–H groups in total. The van der Waals surface area contributed by atoms with Gasteiger partial charge < -0.3 is 5.32 Å². The van der Waals surface area contributed by atoms with Crippen molar-refractivity contribution in [2.75, 3.05) is 37.7 Å². The highest BCUT2D eigenvalue weighted by Crippen LogP contribution is 2.39. The highest BCUT2D eigenvalue weighted by Gasteiger charge is 2.54. The second-order valence-electron chi connectivity index (χ2n) is 8.07. The zero-order valence-corrected chi connectivity index (χ0v) is 16.4. The van der Waals surface area contributed by atoms with Crippen LogP contribution in [0.5, 0.6) is 0 Å². The Kier molecular flexibility index (Phi) is 4.47. The second kappa shape index (κ2) is 7.15. The van der Waals surface area contributed by atoms with E-state index in [2.05, 4.69) is 32.2 Å². The Morgan fingerprint density at radius 2 is 1.79 bits per heavy atom. The summed E-state index contributed by atoms with van der Waals surface area (Å²) in [6.07, 6.45) is 4.46. The first kappa shape index (κ1) is 18.1. The molecule has 7 heteroatoms. The predicted molar refractivity (Wildman–Crippen MR) is 108 cm³/mol. The SMILES string of the molecule is O=C1N[C@@]2(CCCc3ccccc32)C(=O)N1CN1CCN(c2cccc[nH+]2)CC1. The van der Waals surface area contributed by atoms with Crippen molar-refractivity contribution in [1.29, 1.82) is 0 Å². The molecule has 5 rings (SSSR count). The van der Waals surface area contributed by atoms with Crippen molar-refractivity contribution in [3.63, 3.8) is 0 Å². The molecule has 2 aliphatic heterocycles. The Bertz CT molecular complexity index is 926. The minimum absolute atomic E-state index is 0.103. The van der Waals surface area contributed by atoms with Gasteiger partial charge in [-0.15, -0.1) is 0 Å². The highest BCUT2D eigenvalue weighted by atomic mass is 16.2. The summed E-state index contributed by atoms with van der Waals surface area (Å²) < 4.78 is 0. The number of carbonyl (C=O) groups excluding carboxylic acids is 2. The Morgan fingerprint density at radius 3 is 2.59 bits per heavy atom. The zero-order valence-electron chi connectivity index (χ0n) is 16.4. The third-order valence-electron chi connectivity index (χ3n) is 6.40. The van der Waals surface area contributed by atoms with Gasteiger partial charge in [0, 0.05) is 19.2 Å². The Hall–Kier alpha value is -2.93. The van der Waals surface area contributed by atoms with E-state index in [0.717, 1.165) is 50.4 Å². The minimum atomic E-state index is -0.882. The van der Waals surface area contributed by atoms with Gasteiger partial charge in [0.15, 0.2) is 0 Å². The van der Waals surface area contributed by atoms with Gasteiger partial charge in [0.1, 0.15) is 5.54 Å². The van der Waals surface area contributed by atoms with E-state index >= 15 is 0 Å². The van der Waals surface area contributed by atoms with Gasteiger partial charge >= 0.3 is 6.03 Å². The lowest BCUT2D eigenvalue weighted by Gasteiger charge is -2.35. The maximum absolute atomic E-state index is 13.4. The van der Waals surface area contributed by atoms with Gasteiger partial charge in [-0.25, -0.2) is 14.7 Å². The molecule has 0 radical (unpaired) electrons. The normalized spacial score (nSPS) is 24.7. The maximum Gasteiger partial charge on any atom is 0.326 e. The molecule has 29 heavy (non-hydrogen) atoms. The molecule has 1 aromatic heterocycles. The molecule has 3 aliphatic rings.